The van der Waals surface area contributed by atoms with E-state index in [2.05, 4.69) is 30.2 Å². The second-order valence-corrected chi connectivity index (χ2v) is 9.98. The van der Waals surface area contributed by atoms with Gasteiger partial charge in [-0.25, -0.2) is 13.4 Å². The van der Waals surface area contributed by atoms with E-state index < -0.39 is 15.9 Å². The van der Waals surface area contributed by atoms with Gasteiger partial charge in [0.1, 0.15) is 35.2 Å². The molecule has 4 aromatic rings. The maximum absolute atomic E-state index is 12.4. The number of hydrogen-bond donors (Lipinski definition) is 4. The summed E-state index contributed by atoms with van der Waals surface area (Å²) >= 11 is 5.96. The molecule has 0 saturated carbocycles. The van der Waals surface area contributed by atoms with Gasteiger partial charge in [-0.1, -0.05) is 23.7 Å². The van der Waals surface area contributed by atoms with E-state index in [0.717, 1.165) is 5.56 Å². The Bertz CT molecular complexity index is 1480. The largest absolute Gasteiger partial charge is 0.488 e. The lowest BCUT2D eigenvalue weighted by Gasteiger charge is -2.14. The van der Waals surface area contributed by atoms with Crippen molar-refractivity contribution in [3.05, 3.63) is 77.2 Å². The molecule has 0 unspecified atom stereocenters. The van der Waals surface area contributed by atoms with Crippen molar-refractivity contribution in [2.75, 3.05) is 15.8 Å². The third kappa shape index (κ3) is 5.90. The van der Waals surface area contributed by atoms with Crippen LogP contribution in [0.2, 0.25) is 5.02 Å². The van der Waals surface area contributed by atoms with Crippen molar-refractivity contribution in [3.8, 4) is 17.0 Å². The van der Waals surface area contributed by atoms with Crippen molar-refractivity contribution in [2.24, 2.45) is 5.73 Å². The van der Waals surface area contributed by atoms with Gasteiger partial charge in [0.05, 0.1) is 17.6 Å². The summed E-state index contributed by atoms with van der Waals surface area (Å²) in [5.41, 5.74) is 7.51. The van der Waals surface area contributed by atoms with Crippen LogP contribution < -0.4 is 20.5 Å². The number of primary amides is 1. The minimum Gasteiger partial charge on any atom is -0.488 e. The minimum absolute atomic E-state index is 0.0684. The average molecular weight is 528 g/mol. The smallest absolute Gasteiger partial charge is 0.254 e. The van der Waals surface area contributed by atoms with E-state index in [0.29, 0.717) is 22.1 Å². The minimum atomic E-state index is -3.53. The maximum Gasteiger partial charge on any atom is 0.254 e. The zero-order valence-electron chi connectivity index (χ0n) is 19.0. The number of nitrogens with one attached hydrogen (secondary N) is 3. The fraction of sp³-hybridized carbons (Fsp3) is 0.130. The second-order valence-electron chi connectivity index (χ2n) is 7.53. The number of H-pyrrole nitrogens is 1. The van der Waals surface area contributed by atoms with Gasteiger partial charge in [-0.2, -0.15) is 5.10 Å². The second kappa shape index (κ2) is 10.6. The molecule has 1 amide bonds. The van der Waals surface area contributed by atoms with Gasteiger partial charge < -0.3 is 15.8 Å². The Kier molecular flexibility index (Phi) is 7.36. The number of carbonyl (C=O) groups is 1. The number of rotatable bonds is 10. The van der Waals surface area contributed by atoms with Gasteiger partial charge in [0.25, 0.3) is 5.91 Å². The van der Waals surface area contributed by atoms with Crippen molar-refractivity contribution < 1.29 is 17.9 Å². The third-order valence-corrected chi connectivity index (χ3v) is 6.59. The number of anilines is 3. The molecule has 0 fully saturated rings. The number of halogens is 1. The first-order valence-electron chi connectivity index (χ1n) is 10.7. The average Bonchev–Trinajstić information content (AvgIpc) is 3.27. The molecule has 0 saturated heterocycles. The summed E-state index contributed by atoms with van der Waals surface area (Å²) in [6, 6.07) is 11.7. The molecule has 4 rings (SSSR count). The lowest BCUT2D eigenvalue weighted by Crippen LogP contribution is -2.15. The number of sulfonamides is 1. The third-order valence-electron chi connectivity index (χ3n) is 5.03. The molecule has 2 aromatic heterocycles. The van der Waals surface area contributed by atoms with Gasteiger partial charge in [-0.15, -0.1) is 0 Å². The fourth-order valence-electron chi connectivity index (χ4n) is 3.25. The Balaban J connectivity index is 1.74. The van der Waals surface area contributed by atoms with Crippen molar-refractivity contribution in [2.45, 2.75) is 13.5 Å². The van der Waals surface area contributed by atoms with E-state index in [1.807, 2.05) is 0 Å². The monoisotopic (exact) mass is 527 g/mol. The van der Waals surface area contributed by atoms with Gasteiger partial charge in [-0.05, 0) is 36.8 Å². The van der Waals surface area contributed by atoms with Gasteiger partial charge in [0, 0.05) is 29.0 Å². The van der Waals surface area contributed by atoms with Gasteiger partial charge in [0.15, 0.2) is 0 Å². The number of aromatic amines is 1. The number of hydrogen-bond acceptors (Lipinski definition) is 8. The molecule has 0 bridgehead atoms. The highest BCUT2D eigenvalue weighted by Crippen LogP contribution is 2.37. The summed E-state index contributed by atoms with van der Waals surface area (Å²) in [6.07, 6.45) is 4.47. The molecule has 5 N–H and O–H groups in total. The van der Waals surface area contributed by atoms with Crippen LogP contribution in [0.1, 0.15) is 22.8 Å². The van der Waals surface area contributed by atoms with Crippen molar-refractivity contribution in [1.82, 2.24) is 20.2 Å². The molecular formula is C23H22ClN7O4S. The Morgan fingerprint density at radius 3 is 2.61 bits per heavy atom. The molecular weight excluding hydrogens is 506 g/mol. The Morgan fingerprint density at radius 1 is 1.17 bits per heavy atom. The van der Waals surface area contributed by atoms with Crippen LogP contribution >= 0.6 is 11.6 Å². The number of aromatic nitrogens is 4. The van der Waals surface area contributed by atoms with Crippen LogP contribution in [0.25, 0.3) is 11.3 Å². The normalized spacial score (nSPS) is 11.2. The van der Waals surface area contributed by atoms with E-state index in [1.165, 1.54) is 31.6 Å². The highest BCUT2D eigenvalue weighted by Gasteiger charge is 2.23. The van der Waals surface area contributed by atoms with E-state index in [4.69, 9.17) is 22.1 Å². The van der Waals surface area contributed by atoms with Crippen LogP contribution in [0.15, 0.2) is 61.1 Å². The molecule has 13 heteroatoms. The van der Waals surface area contributed by atoms with Crippen LogP contribution in [0, 0.1) is 0 Å². The van der Waals surface area contributed by atoms with Gasteiger partial charge in [0.2, 0.25) is 10.0 Å². The topological polar surface area (TPSA) is 165 Å². The van der Waals surface area contributed by atoms with Gasteiger partial charge in [-0.3, -0.25) is 19.6 Å². The first-order valence-corrected chi connectivity index (χ1v) is 12.7. The standard InChI is InChI=1S/C23H22ClN7O4S/c1-2-36(33,34)31-16-7-8-17(18(11-16)35-13-14-3-5-15(24)6-4-14)21-20(22(25)32)23(30-29-21)28-19-12-26-9-10-27-19/h3-12,31H,2,13H2,1H3,(H2,25,32)(H2,27,28,29,30). The molecule has 0 aliphatic rings. The van der Waals surface area contributed by atoms with Crippen LogP contribution in [0.4, 0.5) is 17.3 Å². The molecule has 0 atom stereocenters. The van der Waals surface area contributed by atoms with Crippen LogP contribution in [-0.2, 0) is 16.6 Å². The van der Waals surface area contributed by atoms with Crippen molar-refractivity contribution in [1.29, 1.82) is 0 Å². The molecule has 36 heavy (non-hydrogen) atoms. The molecule has 0 radical (unpaired) electrons. The van der Waals surface area contributed by atoms with Crippen LogP contribution in [0.3, 0.4) is 0 Å². The molecule has 0 aliphatic carbocycles. The molecule has 2 heterocycles. The van der Waals surface area contributed by atoms with Crippen molar-refractivity contribution in [3.63, 3.8) is 0 Å². The van der Waals surface area contributed by atoms with E-state index in [-0.39, 0.29) is 35.2 Å². The zero-order chi connectivity index (χ0) is 25.7. The summed E-state index contributed by atoms with van der Waals surface area (Å²) in [4.78, 5) is 20.5. The van der Waals surface area contributed by atoms with E-state index >= 15 is 0 Å². The number of benzene rings is 2. The number of nitrogens with two attached hydrogens (primary N) is 1. The molecule has 186 valence electrons. The van der Waals surface area contributed by atoms with Gasteiger partial charge >= 0.3 is 0 Å². The maximum atomic E-state index is 12.4. The fourth-order valence-corrected chi connectivity index (χ4v) is 4.01. The first-order chi connectivity index (χ1) is 17.3. The van der Waals surface area contributed by atoms with E-state index in [9.17, 15) is 13.2 Å². The molecule has 0 spiro atoms. The summed E-state index contributed by atoms with van der Waals surface area (Å²) in [5, 5.41) is 10.6. The summed E-state index contributed by atoms with van der Waals surface area (Å²) in [7, 11) is -3.53. The number of nitrogens with zero attached hydrogens (tertiary/aromatic N) is 3. The lowest BCUT2D eigenvalue weighted by molar-refractivity contribution is 0.100. The summed E-state index contributed by atoms with van der Waals surface area (Å²) in [6.45, 7) is 1.68. The quantitative estimate of drug-likeness (QED) is 0.242. The predicted octanol–water partition coefficient (Wildman–Crippen LogP) is 3.70. The molecule has 2 aromatic carbocycles. The Hall–Kier alpha value is -4.16. The Labute approximate surface area is 212 Å². The van der Waals surface area contributed by atoms with E-state index in [1.54, 1.807) is 36.4 Å². The van der Waals surface area contributed by atoms with Crippen molar-refractivity contribution >= 4 is 44.9 Å². The van der Waals surface area contributed by atoms with Crippen LogP contribution in [0.5, 0.6) is 5.75 Å². The zero-order valence-corrected chi connectivity index (χ0v) is 20.6. The molecule has 0 aliphatic heterocycles. The highest BCUT2D eigenvalue weighted by molar-refractivity contribution is 7.92. The van der Waals surface area contributed by atoms with Crippen LogP contribution in [-0.4, -0.2) is 40.2 Å². The Morgan fingerprint density at radius 2 is 1.94 bits per heavy atom. The lowest BCUT2D eigenvalue weighted by atomic mass is 10.1. The highest BCUT2D eigenvalue weighted by atomic mass is 35.5. The SMILES string of the molecule is CCS(=O)(=O)Nc1ccc(-c2n[nH]c(Nc3cnccn3)c2C(N)=O)c(OCc2ccc(Cl)cc2)c1. The summed E-state index contributed by atoms with van der Waals surface area (Å²) < 4.78 is 32.7. The first kappa shape index (κ1) is 24.9. The predicted molar refractivity (Wildman–Crippen MR) is 137 cm³/mol. The number of amides is 1. The number of carbonyl (C=O) groups excluding carboxylic acids is 1. The number of ether oxygens (including phenoxy) is 1. The summed E-state index contributed by atoms with van der Waals surface area (Å²) in [5.74, 6) is 0.0280. The molecule has 11 nitrogen and oxygen atoms in total.